The highest BCUT2D eigenvalue weighted by Crippen LogP contribution is 2.31. The largest absolute Gasteiger partial charge is 0.387 e. The highest BCUT2D eigenvalue weighted by atomic mass is 16.6. The smallest absolute Gasteiger partial charge is 0.115 e. The van der Waals surface area contributed by atoms with Crippen molar-refractivity contribution in [1.82, 2.24) is 0 Å². The van der Waals surface area contributed by atoms with E-state index in [1.165, 1.54) is 51.4 Å². The summed E-state index contributed by atoms with van der Waals surface area (Å²) in [4.78, 5) is 0. The first-order chi connectivity index (χ1) is 17.6. The minimum Gasteiger partial charge on any atom is -0.387 e. The van der Waals surface area contributed by atoms with E-state index in [0.29, 0.717) is 26.4 Å². The van der Waals surface area contributed by atoms with Gasteiger partial charge in [0.05, 0.1) is 0 Å². The first-order valence-electron chi connectivity index (χ1n) is 15.4. The number of hydrogen-bond donors (Lipinski definition) is 2. The Morgan fingerprint density at radius 2 is 0.611 bits per heavy atom. The van der Waals surface area contributed by atoms with Crippen LogP contribution in [0, 0.1) is 0 Å². The molecule has 0 aromatic carbocycles. The van der Waals surface area contributed by atoms with Gasteiger partial charge >= 0.3 is 0 Å². The zero-order chi connectivity index (χ0) is 26.4. The summed E-state index contributed by atoms with van der Waals surface area (Å²) in [6.45, 7) is 11.1. The SMILES string of the molecule is CCCCCCO[C@@H]1[C@@H](OCCCCCC)[C@H](OCCCCCC)[C@@H](O)[C@H](O)[C@H]1OCCCCCC. The third kappa shape index (κ3) is 13.5. The molecule has 0 heterocycles. The summed E-state index contributed by atoms with van der Waals surface area (Å²) in [5.41, 5.74) is 0. The van der Waals surface area contributed by atoms with Gasteiger partial charge in [-0.15, -0.1) is 0 Å². The van der Waals surface area contributed by atoms with Crippen LogP contribution in [0.3, 0.4) is 0 Å². The molecule has 6 nitrogen and oxygen atoms in total. The Balaban J connectivity index is 2.94. The van der Waals surface area contributed by atoms with Crippen LogP contribution in [0.25, 0.3) is 0 Å². The molecular weight excluding hydrogens is 456 g/mol. The Bertz CT molecular complexity index is 434. The lowest BCUT2D eigenvalue weighted by molar-refractivity contribution is -0.266. The van der Waals surface area contributed by atoms with E-state index >= 15 is 0 Å². The Hall–Kier alpha value is -0.240. The summed E-state index contributed by atoms with van der Waals surface area (Å²) in [5, 5.41) is 22.3. The Labute approximate surface area is 222 Å². The molecule has 2 N–H and O–H groups in total. The fourth-order valence-corrected chi connectivity index (χ4v) is 4.91. The van der Waals surface area contributed by atoms with Crippen molar-refractivity contribution < 1.29 is 29.2 Å². The maximum atomic E-state index is 11.1. The fraction of sp³-hybridized carbons (Fsp3) is 1.00. The maximum absolute atomic E-state index is 11.1. The number of hydrogen-bond acceptors (Lipinski definition) is 6. The molecule has 0 spiro atoms. The van der Waals surface area contributed by atoms with Crippen LogP contribution in [0.1, 0.15) is 130 Å². The monoisotopic (exact) mass is 516 g/mol. The summed E-state index contributed by atoms with van der Waals surface area (Å²) in [6, 6.07) is 0. The lowest BCUT2D eigenvalue weighted by atomic mass is 9.84. The van der Waals surface area contributed by atoms with E-state index in [9.17, 15) is 10.2 Å². The molecule has 6 atom stereocenters. The summed E-state index contributed by atoms with van der Waals surface area (Å²) in [7, 11) is 0. The summed E-state index contributed by atoms with van der Waals surface area (Å²) >= 11 is 0. The van der Waals surface area contributed by atoms with Gasteiger partial charge in [0.1, 0.15) is 36.6 Å². The van der Waals surface area contributed by atoms with Gasteiger partial charge in [-0.1, -0.05) is 105 Å². The summed E-state index contributed by atoms with van der Waals surface area (Å²) < 4.78 is 25.2. The van der Waals surface area contributed by atoms with Crippen LogP contribution in [0.5, 0.6) is 0 Å². The first kappa shape index (κ1) is 33.8. The van der Waals surface area contributed by atoms with Crippen LogP contribution < -0.4 is 0 Å². The molecule has 1 saturated carbocycles. The first-order valence-corrected chi connectivity index (χ1v) is 15.4. The van der Waals surface area contributed by atoms with E-state index in [0.717, 1.165) is 51.4 Å². The molecule has 216 valence electrons. The summed E-state index contributed by atoms with van der Waals surface area (Å²) in [6.07, 6.45) is 13.4. The average Bonchev–Trinajstić information content (AvgIpc) is 2.88. The molecule has 0 bridgehead atoms. The van der Waals surface area contributed by atoms with Gasteiger partial charge < -0.3 is 29.2 Å². The van der Waals surface area contributed by atoms with Gasteiger partial charge in [0.15, 0.2) is 0 Å². The van der Waals surface area contributed by atoms with Crippen molar-refractivity contribution in [2.45, 2.75) is 167 Å². The van der Waals surface area contributed by atoms with Crippen LogP contribution in [-0.2, 0) is 18.9 Å². The highest BCUT2D eigenvalue weighted by molar-refractivity contribution is 5.02. The van der Waals surface area contributed by atoms with Crippen molar-refractivity contribution in [2.24, 2.45) is 0 Å². The maximum Gasteiger partial charge on any atom is 0.115 e. The number of rotatable bonds is 24. The molecule has 0 amide bonds. The van der Waals surface area contributed by atoms with Gasteiger partial charge in [-0.25, -0.2) is 0 Å². The molecule has 36 heavy (non-hydrogen) atoms. The zero-order valence-corrected chi connectivity index (χ0v) is 24.1. The molecule has 0 saturated heterocycles. The van der Waals surface area contributed by atoms with Crippen molar-refractivity contribution in [1.29, 1.82) is 0 Å². The van der Waals surface area contributed by atoms with Crippen LogP contribution in [0.15, 0.2) is 0 Å². The van der Waals surface area contributed by atoms with Gasteiger partial charge in [0.25, 0.3) is 0 Å². The van der Waals surface area contributed by atoms with E-state index in [4.69, 9.17) is 18.9 Å². The van der Waals surface area contributed by atoms with Crippen LogP contribution >= 0.6 is 0 Å². The molecule has 1 fully saturated rings. The number of aliphatic hydroxyl groups is 2. The fourth-order valence-electron chi connectivity index (χ4n) is 4.91. The van der Waals surface area contributed by atoms with Crippen LogP contribution in [0.2, 0.25) is 0 Å². The van der Waals surface area contributed by atoms with Crippen LogP contribution in [0.4, 0.5) is 0 Å². The van der Waals surface area contributed by atoms with E-state index in [1.54, 1.807) is 0 Å². The number of aliphatic hydroxyl groups excluding tert-OH is 2. The third-order valence-corrected chi connectivity index (χ3v) is 7.23. The second-order valence-electron chi connectivity index (χ2n) is 10.6. The molecule has 1 aliphatic carbocycles. The van der Waals surface area contributed by atoms with Crippen molar-refractivity contribution in [3.05, 3.63) is 0 Å². The lowest BCUT2D eigenvalue weighted by Crippen LogP contribution is -2.66. The van der Waals surface area contributed by atoms with Crippen molar-refractivity contribution in [3.8, 4) is 0 Å². The standard InChI is InChI=1S/C30H60O6/c1-5-9-13-17-21-33-27-25(31)26(32)28(34-22-18-14-10-6-2)30(36-24-20-16-12-8-4)29(27)35-23-19-15-11-7-3/h25-32H,5-24H2,1-4H3/t25-,26-,27+,28+,29-,30-/m0/s1. The van der Waals surface area contributed by atoms with E-state index < -0.39 is 36.6 Å². The molecule has 1 aliphatic rings. The molecule has 0 unspecified atom stereocenters. The summed E-state index contributed by atoms with van der Waals surface area (Å²) in [5.74, 6) is 0. The van der Waals surface area contributed by atoms with Gasteiger partial charge in [-0.2, -0.15) is 0 Å². The molecule has 0 aliphatic heterocycles. The second-order valence-corrected chi connectivity index (χ2v) is 10.6. The molecular formula is C30H60O6. The lowest BCUT2D eigenvalue weighted by Gasteiger charge is -2.47. The number of ether oxygens (including phenoxy) is 4. The Kier molecular flexibility index (Phi) is 21.3. The van der Waals surface area contributed by atoms with Crippen molar-refractivity contribution in [3.63, 3.8) is 0 Å². The topological polar surface area (TPSA) is 77.4 Å². The van der Waals surface area contributed by atoms with Crippen molar-refractivity contribution >= 4 is 0 Å². The molecule has 0 aromatic heterocycles. The molecule has 1 rings (SSSR count). The second kappa shape index (κ2) is 22.7. The van der Waals surface area contributed by atoms with Crippen LogP contribution in [-0.4, -0.2) is 73.3 Å². The van der Waals surface area contributed by atoms with Crippen molar-refractivity contribution in [2.75, 3.05) is 26.4 Å². The van der Waals surface area contributed by atoms with E-state index in [1.807, 2.05) is 0 Å². The normalized spacial score (nSPS) is 26.5. The zero-order valence-electron chi connectivity index (χ0n) is 24.1. The Morgan fingerprint density at radius 1 is 0.361 bits per heavy atom. The highest BCUT2D eigenvalue weighted by Gasteiger charge is 2.52. The molecule has 0 aromatic rings. The Morgan fingerprint density at radius 3 is 0.861 bits per heavy atom. The predicted molar refractivity (Wildman–Crippen MR) is 148 cm³/mol. The van der Waals surface area contributed by atoms with Gasteiger partial charge in [0.2, 0.25) is 0 Å². The van der Waals surface area contributed by atoms with E-state index in [2.05, 4.69) is 27.7 Å². The average molecular weight is 517 g/mol. The minimum atomic E-state index is -1.06. The van der Waals surface area contributed by atoms with Gasteiger partial charge in [0, 0.05) is 26.4 Å². The quantitative estimate of drug-likeness (QED) is 0.141. The minimum absolute atomic E-state index is 0.456. The van der Waals surface area contributed by atoms with E-state index in [-0.39, 0.29) is 0 Å². The van der Waals surface area contributed by atoms with Gasteiger partial charge in [-0.05, 0) is 25.7 Å². The van der Waals surface area contributed by atoms with Gasteiger partial charge in [-0.3, -0.25) is 0 Å². The number of unbranched alkanes of at least 4 members (excludes halogenated alkanes) is 12. The predicted octanol–water partition coefficient (Wildman–Crippen LogP) is 6.58. The molecule has 0 radical (unpaired) electrons. The molecule has 6 heteroatoms. The third-order valence-electron chi connectivity index (χ3n) is 7.23.